The number of carbonyl (C=O) groups excluding carboxylic acids is 2. The average Bonchev–Trinajstić information content (AvgIpc) is 3.10. The van der Waals surface area contributed by atoms with Crippen LogP contribution in [0, 0.1) is 5.82 Å². The standard InChI is InChI=1S/C23H23FN4O2S/c1-3-9-18-22(30)28-20(25-18)14-10-5-7-12-16(14)27-23(28)31-19(4-2)21(29)26-17-13-8-6-11-15(17)24/h5-8,10-13,18-19H,3-4,9H2,1-2H3,(H,26,29)/t18-,19-/m1/s1. The van der Waals surface area contributed by atoms with Crippen molar-refractivity contribution in [2.75, 3.05) is 5.32 Å². The van der Waals surface area contributed by atoms with Crippen molar-refractivity contribution in [3.05, 3.63) is 59.9 Å². The summed E-state index contributed by atoms with van der Waals surface area (Å²) in [6, 6.07) is 13.1. The van der Waals surface area contributed by atoms with Crippen LogP contribution in [0.1, 0.15) is 38.7 Å². The Kier molecular flexibility index (Phi) is 6.18. The Morgan fingerprint density at radius 3 is 2.68 bits per heavy atom. The molecule has 2 amide bonds. The number of hydrogen-bond donors (Lipinski definition) is 1. The molecule has 8 heteroatoms. The molecule has 1 N–H and O–H groups in total. The maximum Gasteiger partial charge on any atom is 0.259 e. The Balaban J connectivity index is 1.62. The number of halogens is 1. The molecule has 2 heterocycles. The highest BCUT2D eigenvalue weighted by molar-refractivity contribution is 8.15. The number of rotatable bonds is 6. The van der Waals surface area contributed by atoms with Crippen LogP contribution < -0.4 is 5.32 Å². The van der Waals surface area contributed by atoms with Crippen LogP contribution in [-0.2, 0) is 9.59 Å². The summed E-state index contributed by atoms with van der Waals surface area (Å²) in [4.78, 5) is 36.9. The molecule has 0 aliphatic carbocycles. The van der Waals surface area contributed by atoms with Crippen LogP contribution in [-0.4, -0.2) is 39.0 Å². The van der Waals surface area contributed by atoms with Gasteiger partial charge in [-0.25, -0.2) is 14.3 Å². The number of aliphatic imine (C=N–C) groups is 2. The van der Waals surface area contributed by atoms with Crippen molar-refractivity contribution in [2.24, 2.45) is 9.98 Å². The van der Waals surface area contributed by atoms with Crippen LogP contribution in [0.2, 0.25) is 0 Å². The predicted molar refractivity (Wildman–Crippen MR) is 122 cm³/mol. The Hall–Kier alpha value is -3.00. The number of carbonyl (C=O) groups is 2. The number of benzene rings is 2. The monoisotopic (exact) mass is 438 g/mol. The third-order valence-corrected chi connectivity index (χ3v) is 6.47. The van der Waals surface area contributed by atoms with E-state index in [-0.39, 0.29) is 17.5 Å². The van der Waals surface area contributed by atoms with Crippen molar-refractivity contribution < 1.29 is 14.0 Å². The second kappa shape index (κ2) is 9.01. The molecule has 2 atom stereocenters. The third kappa shape index (κ3) is 4.12. The Morgan fingerprint density at radius 1 is 1.19 bits per heavy atom. The molecule has 2 aromatic rings. The Morgan fingerprint density at radius 2 is 1.94 bits per heavy atom. The highest BCUT2D eigenvalue weighted by atomic mass is 32.2. The number of hydrogen-bond acceptors (Lipinski definition) is 5. The predicted octanol–water partition coefficient (Wildman–Crippen LogP) is 4.73. The topological polar surface area (TPSA) is 74.1 Å². The normalized spacial score (nSPS) is 18.1. The number of para-hydroxylation sites is 2. The van der Waals surface area contributed by atoms with Gasteiger partial charge in [-0.1, -0.05) is 56.3 Å². The van der Waals surface area contributed by atoms with Gasteiger partial charge in [-0.05, 0) is 37.1 Å². The van der Waals surface area contributed by atoms with Gasteiger partial charge in [0.15, 0.2) is 5.17 Å². The lowest BCUT2D eigenvalue weighted by molar-refractivity contribution is -0.124. The number of anilines is 1. The summed E-state index contributed by atoms with van der Waals surface area (Å²) in [6.45, 7) is 3.89. The summed E-state index contributed by atoms with van der Waals surface area (Å²) in [5.41, 5.74) is 1.65. The molecule has 0 saturated heterocycles. The maximum absolute atomic E-state index is 14.0. The molecule has 2 aliphatic rings. The van der Waals surface area contributed by atoms with Gasteiger partial charge in [0.1, 0.15) is 17.7 Å². The van der Waals surface area contributed by atoms with Gasteiger partial charge in [0.2, 0.25) is 5.91 Å². The average molecular weight is 439 g/mol. The molecule has 0 fully saturated rings. The first-order chi connectivity index (χ1) is 15.0. The Bertz CT molecular complexity index is 1080. The van der Waals surface area contributed by atoms with Gasteiger partial charge in [0, 0.05) is 5.56 Å². The van der Waals surface area contributed by atoms with Crippen molar-refractivity contribution in [1.29, 1.82) is 0 Å². The van der Waals surface area contributed by atoms with Gasteiger partial charge in [-0.3, -0.25) is 14.6 Å². The fraction of sp³-hybridized carbons (Fsp3) is 0.304. The molecule has 6 nitrogen and oxygen atoms in total. The molecule has 160 valence electrons. The van der Waals surface area contributed by atoms with Crippen molar-refractivity contribution in [3.8, 4) is 0 Å². The van der Waals surface area contributed by atoms with E-state index in [2.05, 4.69) is 15.3 Å². The summed E-state index contributed by atoms with van der Waals surface area (Å²) in [6.07, 6.45) is 1.98. The molecule has 0 radical (unpaired) electrons. The second-order valence-corrected chi connectivity index (χ2v) is 8.50. The number of nitrogens with one attached hydrogen (secondary N) is 1. The molecule has 0 aromatic heterocycles. The number of fused-ring (bicyclic) bond motifs is 3. The summed E-state index contributed by atoms with van der Waals surface area (Å²) in [7, 11) is 0. The van der Waals surface area contributed by atoms with E-state index in [9.17, 15) is 14.0 Å². The largest absolute Gasteiger partial charge is 0.323 e. The molecule has 4 rings (SSSR count). The van der Waals surface area contributed by atoms with E-state index >= 15 is 0 Å². The Labute approximate surface area is 184 Å². The van der Waals surface area contributed by atoms with E-state index in [0.717, 1.165) is 12.0 Å². The van der Waals surface area contributed by atoms with Crippen LogP contribution >= 0.6 is 11.8 Å². The van der Waals surface area contributed by atoms with Crippen LogP contribution in [0.5, 0.6) is 0 Å². The zero-order chi connectivity index (χ0) is 22.0. The van der Waals surface area contributed by atoms with E-state index in [1.165, 1.54) is 28.8 Å². The van der Waals surface area contributed by atoms with Crippen LogP contribution in [0.25, 0.3) is 0 Å². The minimum absolute atomic E-state index is 0.123. The van der Waals surface area contributed by atoms with Gasteiger partial charge in [0.05, 0.1) is 16.6 Å². The lowest BCUT2D eigenvalue weighted by Crippen LogP contribution is -2.42. The zero-order valence-electron chi connectivity index (χ0n) is 17.3. The van der Waals surface area contributed by atoms with Gasteiger partial charge < -0.3 is 5.32 Å². The lowest BCUT2D eigenvalue weighted by atomic mass is 10.1. The van der Waals surface area contributed by atoms with Crippen molar-refractivity contribution in [2.45, 2.75) is 44.4 Å². The third-order valence-electron chi connectivity index (χ3n) is 5.15. The molecule has 0 spiro atoms. The molecular weight excluding hydrogens is 415 g/mol. The second-order valence-electron chi connectivity index (χ2n) is 7.33. The smallest absolute Gasteiger partial charge is 0.259 e. The zero-order valence-corrected chi connectivity index (χ0v) is 18.2. The quantitative estimate of drug-likeness (QED) is 0.708. The number of nitrogens with zero attached hydrogens (tertiary/aromatic N) is 3. The minimum atomic E-state index is -0.553. The van der Waals surface area contributed by atoms with E-state index < -0.39 is 17.1 Å². The minimum Gasteiger partial charge on any atom is -0.323 e. The molecular formula is C23H23FN4O2S. The van der Waals surface area contributed by atoms with Crippen LogP contribution in [0.3, 0.4) is 0 Å². The first-order valence-corrected chi connectivity index (χ1v) is 11.2. The molecule has 2 aromatic carbocycles. The molecule has 0 unspecified atom stereocenters. The van der Waals surface area contributed by atoms with Crippen LogP contribution in [0.15, 0.2) is 58.5 Å². The molecule has 31 heavy (non-hydrogen) atoms. The first kappa shape index (κ1) is 21.2. The summed E-state index contributed by atoms with van der Waals surface area (Å²) in [5.74, 6) is -0.372. The van der Waals surface area contributed by atoms with Gasteiger partial charge in [-0.2, -0.15) is 0 Å². The number of amides is 2. The SMILES string of the molecule is CCC[C@H]1N=C2c3ccccc3N=C(S[C@H](CC)C(=O)Nc3ccccc3F)N2C1=O. The van der Waals surface area contributed by atoms with E-state index in [4.69, 9.17) is 0 Å². The highest BCUT2D eigenvalue weighted by Crippen LogP contribution is 2.36. The maximum atomic E-state index is 14.0. The van der Waals surface area contributed by atoms with E-state index in [1.54, 1.807) is 12.1 Å². The van der Waals surface area contributed by atoms with Gasteiger partial charge >= 0.3 is 0 Å². The van der Waals surface area contributed by atoms with E-state index in [0.29, 0.717) is 29.5 Å². The van der Waals surface area contributed by atoms with Crippen molar-refractivity contribution in [1.82, 2.24) is 4.90 Å². The first-order valence-electron chi connectivity index (χ1n) is 10.3. The summed E-state index contributed by atoms with van der Waals surface area (Å²) in [5, 5.41) is 2.52. The number of amidine groups is 2. The summed E-state index contributed by atoms with van der Waals surface area (Å²) >= 11 is 1.20. The van der Waals surface area contributed by atoms with E-state index in [1.807, 2.05) is 38.1 Å². The van der Waals surface area contributed by atoms with Gasteiger partial charge in [0.25, 0.3) is 5.91 Å². The molecule has 2 aliphatic heterocycles. The van der Waals surface area contributed by atoms with Gasteiger partial charge in [-0.15, -0.1) is 0 Å². The fourth-order valence-electron chi connectivity index (χ4n) is 3.57. The lowest BCUT2D eigenvalue weighted by Gasteiger charge is -2.27. The van der Waals surface area contributed by atoms with Crippen LogP contribution in [0.4, 0.5) is 15.8 Å². The van der Waals surface area contributed by atoms with Crippen molar-refractivity contribution in [3.63, 3.8) is 0 Å². The fourth-order valence-corrected chi connectivity index (χ4v) is 4.59. The molecule has 0 saturated carbocycles. The molecule has 0 bridgehead atoms. The number of thioether (sulfide) groups is 1. The highest BCUT2D eigenvalue weighted by Gasteiger charge is 2.42. The summed E-state index contributed by atoms with van der Waals surface area (Å²) < 4.78 is 14.0. The van der Waals surface area contributed by atoms with Crippen molar-refractivity contribution >= 4 is 46.0 Å².